The largest absolute Gasteiger partial charge is 0.444 e. The van der Waals surface area contributed by atoms with E-state index in [2.05, 4.69) is 0 Å². The van der Waals surface area contributed by atoms with E-state index in [-0.39, 0.29) is 12.1 Å². The predicted molar refractivity (Wildman–Crippen MR) is 57.8 cm³/mol. The van der Waals surface area contributed by atoms with Crippen LogP contribution in [0.3, 0.4) is 0 Å². The summed E-state index contributed by atoms with van der Waals surface area (Å²) in [6, 6.07) is 0.0994. The van der Waals surface area contributed by atoms with Gasteiger partial charge in [-0.2, -0.15) is 0 Å². The maximum absolute atomic E-state index is 11.8. The lowest BCUT2D eigenvalue weighted by molar-refractivity contribution is 0.0146. The first-order chi connectivity index (χ1) is 6.90. The number of nitrogens with zero attached hydrogens (tertiary/aromatic N) is 1. The topological polar surface area (TPSA) is 38.8 Å². The van der Waals surface area contributed by atoms with Crippen LogP contribution in [0, 0.1) is 0 Å². The van der Waals surface area contributed by atoms with E-state index in [0.29, 0.717) is 6.61 Å². The van der Waals surface area contributed by atoms with Gasteiger partial charge in [-0.25, -0.2) is 4.79 Å². The molecule has 0 aromatic rings. The molecule has 0 saturated carbocycles. The van der Waals surface area contributed by atoms with Gasteiger partial charge in [-0.05, 0) is 34.1 Å². The number of carbonyl (C=O) groups excluding carboxylic acids is 1. The molecule has 1 rings (SSSR count). The molecule has 4 nitrogen and oxygen atoms in total. The van der Waals surface area contributed by atoms with Gasteiger partial charge in [0.05, 0.1) is 12.6 Å². The molecule has 1 atom stereocenters. The van der Waals surface area contributed by atoms with Crippen LogP contribution in [0.5, 0.6) is 0 Å². The summed E-state index contributed by atoms with van der Waals surface area (Å²) in [4.78, 5) is 13.6. The van der Waals surface area contributed by atoms with Crippen LogP contribution in [0.2, 0.25) is 0 Å². The Labute approximate surface area is 91.5 Å². The normalized spacial score (nSPS) is 23.5. The van der Waals surface area contributed by atoms with Gasteiger partial charge in [0, 0.05) is 13.2 Å². The highest BCUT2D eigenvalue weighted by atomic mass is 16.6. The molecule has 0 bridgehead atoms. The first-order valence-corrected chi connectivity index (χ1v) is 5.47. The molecule has 1 heterocycles. The SMILES string of the molecule is CC1COCCCN1C(=O)OC(C)(C)C. The molecule has 1 fully saturated rings. The number of amides is 1. The fourth-order valence-corrected chi connectivity index (χ4v) is 1.49. The summed E-state index contributed by atoms with van der Waals surface area (Å²) >= 11 is 0. The van der Waals surface area contributed by atoms with Crippen molar-refractivity contribution in [1.29, 1.82) is 0 Å². The third-order valence-corrected chi connectivity index (χ3v) is 2.21. The molecule has 88 valence electrons. The van der Waals surface area contributed by atoms with Gasteiger partial charge in [0.1, 0.15) is 5.60 Å². The van der Waals surface area contributed by atoms with Crippen LogP contribution in [0.25, 0.3) is 0 Å². The maximum atomic E-state index is 11.8. The average molecular weight is 215 g/mol. The molecule has 0 radical (unpaired) electrons. The summed E-state index contributed by atoms with van der Waals surface area (Å²) in [5.41, 5.74) is -0.427. The van der Waals surface area contributed by atoms with Crippen LogP contribution in [0.1, 0.15) is 34.1 Å². The monoisotopic (exact) mass is 215 g/mol. The Morgan fingerprint density at radius 1 is 1.47 bits per heavy atom. The van der Waals surface area contributed by atoms with E-state index >= 15 is 0 Å². The van der Waals surface area contributed by atoms with E-state index in [4.69, 9.17) is 9.47 Å². The highest BCUT2D eigenvalue weighted by Crippen LogP contribution is 2.14. The summed E-state index contributed by atoms with van der Waals surface area (Å²) in [6.45, 7) is 9.66. The summed E-state index contributed by atoms with van der Waals surface area (Å²) in [5, 5.41) is 0. The second-order valence-electron chi connectivity index (χ2n) is 4.95. The van der Waals surface area contributed by atoms with Crippen molar-refractivity contribution in [3.05, 3.63) is 0 Å². The molecule has 1 amide bonds. The van der Waals surface area contributed by atoms with E-state index in [1.165, 1.54) is 0 Å². The minimum atomic E-state index is -0.427. The van der Waals surface area contributed by atoms with E-state index in [9.17, 15) is 4.79 Å². The average Bonchev–Trinajstić information content (AvgIpc) is 2.26. The maximum Gasteiger partial charge on any atom is 0.410 e. The van der Waals surface area contributed by atoms with Crippen LogP contribution < -0.4 is 0 Å². The standard InChI is InChI=1S/C11H21NO3/c1-9-8-14-7-5-6-12(9)10(13)15-11(2,3)4/h9H,5-8H2,1-4H3. The van der Waals surface area contributed by atoms with E-state index in [1.807, 2.05) is 27.7 Å². The van der Waals surface area contributed by atoms with Crippen LogP contribution in [-0.4, -0.2) is 42.4 Å². The summed E-state index contributed by atoms with van der Waals surface area (Å²) < 4.78 is 10.7. The summed E-state index contributed by atoms with van der Waals surface area (Å²) in [5.74, 6) is 0. The molecule has 1 aliphatic heterocycles. The minimum Gasteiger partial charge on any atom is -0.444 e. The molecule has 0 aromatic heterocycles. The lowest BCUT2D eigenvalue weighted by Crippen LogP contribution is -2.43. The number of hydrogen-bond acceptors (Lipinski definition) is 3. The molecule has 0 N–H and O–H groups in total. The van der Waals surface area contributed by atoms with Crippen molar-refractivity contribution in [2.75, 3.05) is 19.8 Å². The molecular formula is C11H21NO3. The highest BCUT2D eigenvalue weighted by molar-refractivity contribution is 5.68. The predicted octanol–water partition coefficient (Wildman–Crippen LogP) is 2.03. The van der Waals surface area contributed by atoms with E-state index < -0.39 is 5.60 Å². The van der Waals surface area contributed by atoms with Gasteiger partial charge >= 0.3 is 6.09 Å². The molecule has 0 aliphatic carbocycles. The van der Waals surface area contributed by atoms with Gasteiger partial charge in [0.25, 0.3) is 0 Å². The van der Waals surface area contributed by atoms with Gasteiger partial charge in [-0.1, -0.05) is 0 Å². The Morgan fingerprint density at radius 2 is 2.13 bits per heavy atom. The summed E-state index contributed by atoms with van der Waals surface area (Å²) in [6.07, 6.45) is 0.643. The van der Waals surface area contributed by atoms with Gasteiger partial charge in [0.15, 0.2) is 0 Å². The zero-order valence-corrected chi connectivity index (χ0v) is 10.1. The van der Waals surface area contributed by atoms with E-state index in [0.717, 1.165) is 19.6 Å². The molecule has 0 aromatic carbocycles. The van der Waals surface area contributed by atoms with Crippen LogP contribution >= 0.6 is 0 Å². The number of carbonyl (C=O) groups is 1. The third-order valence-electron chi connectivity index (χ3n) is 2.21. The van der Waals surface area contributed by atoms with Crippen molar-refractivity contribution < 1.29 is 14.3 Å². The molecular weight excluding hydrogens is 194 g/mol. The van der Waals surface area contributed by atoms with Crippen LogP contribution in [-0.2, 0) is 9.47 Å². The molecule has 0 spiro atoms. The Bertz CT molecular complexity index is 222. The number of ether oxygens (including phenoxy) is 2. The van der Waals surface area contributed by atoms with Crippen molar-refractivity contribution in [2.24, 2.45) is 0 Å². The van der Waals surface area contributed by atoms with Crippen molar-refractivity contribution in [1.82, 2.24) is 4.90 Å². The van der Waals surface area contributed by atoms with Crippen LogP contribution in [0.4, 0.5) is 4.79 Å². The lowest BCUT2D eigenvalue weighted by atomic mass is 10.2. The molecule has 1 unspecified atom stereocenters. The molecule has 1 aliphatic rings. The van der Waals surface area contributed by atoms with Crippen molar-refractivity contribution in [3.63, 3.8) is 0 Å². The van der Waals surface area contributed by atoms with Crippen molar-refractivity contribution in [2.45, 2.75) is 45.8 Å². The lowest BCUT2D eigenvalue weighted by Gasteiger charge is -2.29. The fourth-order valence-electron chi connectivity index (χ4n) is 1.49. The van der Waals surface area contributed by atoms with E-state index in [1.54, 1.807) is 4.90 Å². The van der Waals surface area contributed by atoms with Gasteiger partial charge in [-0.3, -0.25) is 0 Å². The van der Waals surface area contributed by atoms with Gasteiger partial charge < -0.3 is 14.4 Å². The Morgan fingerprint density at radius 3 is 2.73 bits per heavy atom. The Balaban J connectivity index is 2.56. The zero-order chi connectivity index (χ0) is 11.5. The first-order valence-electron chi connectivity index (χ1n) is 5.47. The third kappa shape index (κ3) is 4.08. The second kappa shape index (κ2) is 4.84. The zero-order valence-electron chi connectivity index (χ0n) is 10.1. The number of hydrogen-bond donors (Lipinski definition) is 0. The summed E-state index contributed by atoms with van der Waals surface area (Å²) in [7, 11) is 0. The highest BCUT2D eigenvalue weighted by Gasteiger charge is 2.26. The minimum absolute atomic E-state index is 0.0994. The molecule has 4 heteroatoms. The molecule has 1 saturated heterocycles. The number of rotatable bonds is 0. The Hall–Kier alpha value is -0.770. The Kier molecular flexibility index (Phi) is 3.97. The van der Waals surface area contributed by atoms with Crippen LogP contribution in [0.15, 0.2) is 0 Å². The van der Waals surface area contributed by atoms with Gasteiger partial charge in [0.2, 0.25) is 0 Å². The smallest absolute Gasteiger partial charge is 0.410 e. The second-order valence-corrected chi connectivity index (χ2v) is 4.95. The van der Waals surface area contributed by atoms with Crippen molar-refractivity contribution in [3.8, 4) is 0 Å². The fraction of sp³-hybridized carbons (Fsp3) is 0.909. The quantitative estimate of drug-likeness (QED) is 0.620. The van der Waals surface area contributed by atoms with Crippen molar-refractivity contribution >= 4 is 6.09 Å². The molecule has 15 heavy (non-hydrogen) atoms. The first kappa shape index (κ1) is 12.3. The van der Waals surface area contributed by atoms with Gasteiger partial charge in [-0.15, -0.1) is 0 Å².